The number of allylic oxidation sites excluding steroid dienone is 1. The maximum atomic E-state index is 12.7. The van der Waals surface area contributed by atoms with Crippen molar-refractivity contribution in [1.82, 2.24) is 10.2 Å². The molecule has 2 aliphatic rings. The van der Waals surface area contributed by atoms with Crippen LogP contribution in [0.5, 0.6) is 0 Å². The van der Waals surface area contributed by atoms with E-state index in [0.29, 0.717) is 22.1 Å². The van der Waals surface area contributed by atoms with Crippen LogP contribution < -0.4 is 5.32 Å². The van der Waals surface area contributed by atoms with Crippen molar-refractivity contribution < 1.29 is 19.2 Å². The van der Waals surface area contributed by atoms with E-state index in [0.717, 1.165) is 6.42 Å². The number of nitrogens with zero attached hydrogens (tertiary/aromatic N) is 3. The number of fused-ring (bicyclic) bond motifs is 1. The Bertz CT molecular complexity index is 1020. The number of nitro benzene ring substituents is 1. The molecule has 0 bridgehead atoms. The summed E-state index contributed by atoms with van der Waals surface area (Å²) in [5.74, 6) is -0.719. The van der Waals surface area contributed by atoms with E-state index in [-0.39, 0.29) is 29.6 Å². The van der Waals surface area contributed by atoms with Crippen LogP contribution in [0, 0.1) is 10.1 Å². The number of hydrogen-bond donors (Lipinski definition) is 1. The van der Waals surface area contributed by atoms with E-state index in [1.54, 1.807) is 24.0 Å². The lowest BCUT2D eigenvalue weighted by molar-refractivity contribution is -0.384. The molecule has 3 rings (SSSR count). The third kappa shape index (κ3) is 4.63. The molecule has 0 spiro atoms. The van der Waals surface area contributed by atoms with Crippen molar-refractivity contribution in [3.8, 4) is 0 Å². The van der Waals surface area contributed by atoms with Gasteiger partial charge in [-0.15, -0.1) is 0 Å². The molecule has 31 heavy (non-hydrogen) atoms. The zero-order valence-electron chi connectivity index (χ0n) is 17.7. The Hall–Kier alpha value is -3.14. The fraction of sp³-hybridized carbons (Fsp3) is 0.381. The summed E-state index contributed by atoms with van der Waals surface area (Å²) >= 11 is 1.35. The number of non-ortho nitro benzene ring substituents is 1. The normalized spacial score (nSPS) is 18.7. The Kier molecular flexibility index (Phi) is 6.79. The number of ether oxygens (including phenoxy) is 1. The second kappa shape index (κ2) is 9.34. The number of carbonyl (C=O) groups excluding carboxylic acids is 2. The molecular weight excluding hydrogens is 420 g/mol. The number of hydrogen-bond acceptors (Lipinski definition) is 8. The van der Waals surface area contributed by atoms with Crippen LogP contribution in [0.2, 0.25) is 0 Å². The lowest BCUT2D eigenvalue weighted by Gasteiger charge is -2.36. The van der Waals surface area contributed by atoms with E-state index in [9.17, 15) is 19.7 Å². The maximum Gasteiger partial charge on any atom is 0.338 e. The molecule has 0 aromatic heterocycles. The van der Waals surface area contributed by atoms with Gasteiger partial charge in [-0.1, -0.05) is 30.8 Å². The molecule has 0 fully saturated rings. The lowest BCUT2D eigenvalue weighted by atomic mass is 9.93. The minimum absolute atomic E-state index is 0.0389. The molecule has 1 aromatic carbocycles. The fourth-order valence-electron chi connectivity index (χ4n) is 3.46. The highest BCUT2D eigenvalue weighted by molar-refractivity contribution is 8.16. The van der Waals surface area contributed by atoms with Gasteiger partial charge in [0.1, 0.15) is 0 Å². The van der Waals surface area contributed by atoms with Gasteiger partial charge in [0, 0.05) is 23.9 Å². The number of rotatable bonds is 7. The second-order valence-corrected chi connectivity index (χ2v) is 8.13. The molecule has 0 saturated heterocycles. The zero-order chi connectivity index (χ0) is 22.7. The van der Waals surface area contributed by atoms with Crippen molar-refractivity contribution in [3.05, 3.63) is 62.3 Å². The number of aliphatic imine (C=N–C) groups is 1. The SMILES string of the molecule is CCC(C)NC(=O)CC1=CSC2=NC(C)=C(C(=O)OC)C(c3cccc([N+](=O)[O-])c3)N12. The molecule has 2 aliphatic heterocycles. The first-order valence-electron chi connectivity index (χ1n) is 9.83. The summed E-state index contributed by atoms with van der Waals surface area (Å²) in [4.78, 5) is 42.4. The number of esters is 1. The minimum atomic E-state index is -0.697. The fourth-order valence-corrected chi connectivity index (χ4v) is 4.42. The number of nitrogens with one attached hydrogen (secondary N) is 1. The number of thioether (sulfide) groups is 1. The van der Waals surface area contributed by atoms with E-state index in [1.807, 2.05) is 19.3 Å². The Balaban J connectivity index is 2.04. The van der Waals surface area contributed by atoms with Crippen LogP contribution in [0.15, 0.2) is 51.6 Å². The highest BCUT2D eigenvalue weighted by Crippen LogP contribution is 2.45. The average molecular weight is 445 g/mol. The molecule has 1 aromatic rings. The van der Waals surface area contributed by atoms with E-state index in [4.69, 9.17) is 4.74 Å². The highest BCUT2D eigenvalue weighted by Gasteiger charge is 2.41. The van der Waals surface area contributed by atoms with Gasteiger partial charge < -0.3 is 15.0 Å². The predicted molar refractivity (Wildman–Crippen MR) is 118 cm³/mol. The van der Waals surface area contributed by atoms with Crippen LogP contribution in [0.3, 0.4) is 0 Å². The van der Waals surface area contributed by atoms with Gasteiger partial charge in [0.15, 0.2) is 5.17 Å². The van der Waals surface area contributed by atoms with Crippen molar-refractivity contribution in [1.29, 1.82) is 0 Å². The van der Waals surface area contributed by atoms with E-state index < -0.39 is 16.9 Å². The molecule has 10 heteroatoms. The molecule has 0 radical (unpaired) electrons. The van der Waals surface area contributed by atoms with Crippen molar-refractivity contribution in [3.63, 3.8) is 0 Å². The molecule has 1 N–H and O–H groups in total. The van der Waals surface area contributed by atoms with Crippen molar-refractivity contribution >= 4 is 34.5 Å². The number of carbonyl (C=O) groups is 2. The lowest BCUT2D eigenvalue weighted by Crippen LogP contribution is -2.39. The molecule has 2 heterocycles. The van der Waals surface area contributed by atoms with Crippen molar-refractivity contribution in [2.24, 2.45) is 4.99 Å². The van der Waals surface area contributed by atoms with Crippen molar-refractivity contribution in [2.75, 3.05) is 7.11 Å². The third-order valence-electron chi connectivity index (χ3n) is 5.16. The number of amidine groups is 1. The minimum Gasteiger partial charge on any atom is -0.466 e. The van der Waals surface area contributed by atoms with Crippen LogP contribution in [-0.2, 0) is 14.3 Å². The molecule has 9 nitrogen and oxygen atoms in total. The second-order valence-electron chi connectivity index (χ2n) is 7.29. The largest absolute Gasteiger partial charge is 0.466 e. The predicted octanol–water partition coefficient (Wildman–Crippen LogP) is 3.65. The zero-order valence-corrected chi connectivity index (χ0v) is 18.6. The first kappa shape index (κ1) is 22.5. The molecule has 2 unspecified atom stereocenters. The Morgan fingerprint density at radius 1 is 1.42 bits per heavy atom. The summed E-state index contributed by atoms with van der Waals surface area (Å²) in [6.07, 6.45) is 0.899. The summed E-state index contributed by atoms with van der Waals surface area (Å²) < 4.78 is 4.99. The molecule has 164 valence electrons. The first-order valence-corrected chi connectivity index (χ1v) is 10.7. The average Bonchev–Trinajstić information content (AvgIpc) is 3.13. The maximum absolute atomic E-state index is 12.7. The van der Waals surface area contributed by atoms with Gasteiger partial charge in [0.05, 0.1) is 35.8 Å². The summed E-state index contributed by atoms with van der Waals surface area (Å²) in [6, 6.07) is 5.46. The summed E-state index contributed by atoms with van der Waals surface area (Å²) in [6.45, 7) is 5.62. The molecule has 0 saturated carbocycles. The van der Waals surface area contributed by atoms with Crippen LogP contribution in [0.4, 0.5) is 5.69 Å². The molecule has 2 atom stereocenters. The number of amides is 1. The smallest absolute Gasteiger partial charge is 0.338 e. The summed E-state index contributed by atoms with van der Waals surface area (Å²) in [7, 11) is 1.28. The van der Waals surface area contributed by atoms with Crippen LogP contribution in [0.1, 0.15) is 45.2 Å². The van der Waals surface area contributed by atoms with Gasteiger partial charge in [-0.3, -0.25) is 14.9 Å². The topological polar surface area (TPSA) is 114 Å². The van der Waals surface area contributed by atoms with Gasteiger partial charge in [-0.25, -0.2) is 9.79 Å². The van der Waals surface area contributed by atoms with Gasteiger partial charge in [0.25, 0.3) is 5.69 Å². The summed E-state index contributed by atoms with van der Waals surface area (Å²) in [5, 5.41) is 16.7. The van der Waals surface area contributed by atoms with E-state index in [2.05, 4.69) is 10.3 Å². The number of benzene rings is 1. The van der Waals surface area contributed by atoms with Crippen LogP contribution in [-0.4, -0.2) is 40.0 Å². The number of methoxy groups -OCH3 is 1. The van der Waals surface area contributed by atoms with E-state index >= 15 is 0 Å². The van der Waals surface area contributed by atoms with Gasteiger partial charge >= 0.3 is 5.97 Å². The third-order valence-corrected chi connectivity index (χ3v) is 6.05. The number of nitro groups is 1. The first-order chi connectivity index (χ1) is 14.8. The monoisotopic (exact) mass is 444 g/mol. The molecule has 0 aliphatic carbocycles. The van der Waals surface area contributed by atoms with Crippen LogP contribution in [0.25, 0.3) is 0 Å². The van der Waals surface area contributed by atoms with Crippen molar-refractivity contribution in [2.45, 2.75) is 45.7 Å². The van der Waals surface area contributed by atoms with E-state index in [1.165, 1.54) is 31.0 Å². The Morgan fingerprint density at radius 3 is 2.81 bits per heavy atom. The van der Waals surface area contributed by atoms with Gasteiger partial charge in [0.2, 0.25) is 5.91 Å². The molecular formula is C21H24N4O5S. The summed E-state index contributed by atoms with van der Waals surface area (Å²) in [5.41, 5.74) is 1.87. The van der Waals surface area contributed by atoms with Gasteiger partial charge in [-0.05, 0) is 31.2 Å². The van der Waals surface area contributed by atoms with Gasteiger partial charge in [-0.2, -0.15) is 0 Å². The van der Waals surface area contributed by atoms with Crippen LogP contribution >= 0.6 is 11.8 Å². The Labute approximate surface area is 184 Å². The quantitative estimate of drug-likeness (QED) is 0.388. The Morgan fingerprint density at radius 2 is 2.16 bits per heavy atom. The molecule has 1 amide bonds. The highest BCUT2D eigenvalue weighted by atomic mass is 32.2. The standard InChI is InChI=1S/C21H24N4O5S/c1-5-12(2)22-17(26)10-16-11-31-21-23-13(3)18(20(27)30-4)19(24(16)21)14-7-6-8-15(9-14)25(28)29/h6-9,11-12,19H,5,10H2,1-4H3,(H,22,26).